The van der Waals surface area contributed by atoms with Crippen LogP contribution >= 0.6 is 0 Å². The van der Waals surface area contributed by atoms with Gasteiger partial charge in [-0.1, -0.05) is 12.1 Å². The monoisotopic (exact) mass is 459 g/mol. The van der Waals surface area contributed by atoms with Gasteiger partial charge in [0.05, 0.1) is 25.0 Å². The fraction of sp³-hybridized carbons (Fsp3) is 0.304. The van der Waals surface area contributed by atoms with Gasteiger partial charge in [-0.15, -0.1) is 0 Å². The van der Waals surface area contributed by atoms with Crippen molar-refractivity contribution in [1.82, 2.24) is 10.7 Å². The van der Waals surface area contributed by atoms with Crippen LogP contribution in [-0.4, -0.2) is 50.4 Å². The normalized spacial score (nSPS) is 10.5. The Hall–Kier alpha value is -3.95. The summed E-state index contributed by atoms with van der Waals surface area (Å²) in [5, 5.41) is 6.35. The Labute approximate surface area is 190 Å². The van der Waals surface area contributed by atoms with Gasteiger partial charge in [0.25, 0.3) is 5.91 Å². The van der Waals surface area contributed by atoms with Crippen LogP contribution in [0.2, 0.25) is 0 Å². The third-order valence-corrected chi connectivity index (χ3v) is 4.08. The van der Waals surface area contributed by atoms with E-state index in [1.807, 2.05) is 0 Å². The van der Waals surface area contributed by atoms with Crippen LogP contribution in [0.3, 0.4) is 0 Å². The first kappa shape index (κ1) is 25.3. The summed E-state index contributed by atoms with van der Waals surface area (Å²) in [7, 11) is 0. The van der Waals surface area contributed by atoms with Crippen LogP contribution in [0.25, 0.3) is 0 Å². The van der Waals surface area contributed by atoms with Crippen LogP contribution in [0.15, 0.2) is 47.6 Å². The largest absolute Gasteiger partial charge is 0.490 e. The molecule has 0 aromatic heterocycles. The van der Waals surface area contributed by atoms with E-state index in [9.17, 15) is 18.8 Å². The molecule has 0 spiro atoms. The number of hydrogen-bond donors (Lipinski definition) is 2. The molecule has 2 amide bonds. The Bertz CT molecular complexity index is 996. The van der Waals surface area contributed by atoms with E-state index in [0.29, 0.717) is 23.7 Å². The van der Waals surface area contributed by atoms with Crippen LogP contribution in [0.1, 0.15) is 36.2 Å². The minimum Gasteiger partial charge on any atom is -0.490 e. The topological polar surface area (TPSA) is 115 Å². The first-order valence-corrected chi connectivity index (χ1v) is 10.3. The molecular weight excluding hydrogens is 433 g/mol. The molecule has 0 aliphatic carbocycles. The minimum absolute atomic E-state index is 0.0233. The SMILES string of the molecule is CCOC(=O)COc1ccc(C=NNC(=O)CCNC(=O)c2ccccc2F)cc1OCC. The molecule has 2 N–H and O–H groups in total. The average Bonchev–Trinajstić information content (AvgIpc) is 2.79. The zero-order valence-electron chi connectivity index (χ0n) is 18.4. The number of benzene rings is 2. The molecule has 0 saturated carbocycles. The highest BCUT2D eigenvalue weighted by atomic mass is 19.1. The van der Waals surface area contributed by atoms with Gasteiger partial charge in [-0.2, -0.15) is 5.10 Å². The predicted octanol–water partition coefficient (Wildman–Crippen LogP) is 2.44. The Morgan fingerprint density at radius 3 is 2.55 bits per heavy atom. The number of hydrogen-bond acceptors (Lipinski definition) is 7. The van der Waals surface area contributed by atoms with Gasteiger partial charge in [-0.3, -0.25) is 9.59 Å². The smallest absolute Gasteiger partial charge is 0.344 e. The van der Waals surface area contributed by atoms with Gasteiger partial charge >= 0.3 is 5.97 Å². The van der Waals surface area contributed by atoms with Gasteiger partial charge in [-0.05, 0) is 49.7 Å². The van der Waals surface area contributed by atoms with E-state index >= 15 is 0 Å². The Morgan fingerprint density at radius 2 is 1.82 bits per heavy atom. The highest BCUT2D eigenvalue weighted by Crippen LogP contribution is 2.28. The summed E-state index contributed by atoms with van der Waals surface area (Å²) in [6.45, 7) is 3.94. The molecule has 2 aromatic rings. The van der Waals surface area contributed by atoms with Crippen molar-refractivity contribution in [2.45, 2.75) is 20.3 Å². The number of nitrogens with zero attached hydrogens (tertiary/aromatic N) is 1. The fourth-order valence-corrected chi connectivity index (χ4v) is 2.60. The molecule has 0 bridgehead atoms. The zero-order valence-corrected chi connectivity index (χ0v) is 18.4. The van der Waals surface area contributed by atoms with Gasteiger partial charge in [-0.25, -0.2) is 14.6 Å². The Morgan fingerprint density at radius 1 is 1.03 bits per heavy atom. The van der Waals surface area contributed by atoms with Crippen LogP contribution in [0.4, 0.5) is 4.39 Å². The van der Waals surface area contributed by atoms with Crippen molar-refractivity contribution in [3.05, 3.63) is 59.4 Å². The highest BCUT2D eigenvalue weighted by molar-refractivity contribution is 5.94. The van der Waals surface area contributed by atoms with Gasteiger partial charge in [0, 0.05) is 13.0 Å². The molecule has 2 aromatic carbocycles. The van der Waals surface area contributed by atoms with Gasteiger partial charge in [0.15, 0.2) is 18.1 Å². The number of amides is 2. The molecule has 0 radical (unpaired) electrons. The number of nitrogens with one attached hydrogen (secondary N) is 2. The first-order chi connectivity index (χ1) is 15.9. The van der Waals surface area contributed by atoms with E-state index in [2.05, 4.69) is 15.8 Å². The number of carbonyl (C=O) groups excluding carboxylic acids is 3. The average molecular weight is 459 g/mol. The zero-order chi connectivity index (χ0) is 24.1. The Kier molecular flexibility index (Phi) is 10.3. The maximum atomic E-state index is 13.6. The predicted molar refractivity (Wildman–Crippen MR) is 119 cm³/mol. The minimum atomic E-state index is -0.632. The van der Waals surface area contributed by atoms with Crippen molar-refractivity contribution < 1.29 is 33.0 Å². The summed E-state index contributed by atoms with van der Waals surface area (Å²) in [5.41, 5.74) is 2.88. The van der Waals surface area contributed by atoms with E-state index in [-0.39, 0.29) is 31.7 Å². The number of halogens is 1. The van der Waals surface area contributed by atoms with Crippen molar-refractivity contribution in [2.24, 2.45) is 5.10 Å². The number of ether oxygens (including phenoxy) is 3. The van der Waals surface area contributed by atoms with E-state index in [0.717, 1.165) is 0 Å². The standard InChI is InChI=1S/C23H26FN3O6/c1-3-31-20-13-16(9-10-19(20)33-15-22(29)32-4-2)14-26-27-21(28)11-12-25-23(30)17-7-5-6-8-18(17)24/h5-10,13-14H,3-4,11-12,15H2,1-2H3,(H,25,30)(H,27,28). The summed E-state index contributed by atoms with van der Waals surface area (Å²) in [4.78, 5) is 35.3. The van der Waals surface area contributed by atoms with Gasteiger partial charge in [0.1, 0.15) is 5.82 Å². The number of rotatable bonds is 12. The number of esters is 1. The molecule has 33 heavy (non-hydrogen) atoms. The summed E-state index contributed by atoms with van der Waals surface area (Å²) in [6.07, 6.45) is 1.37. The summed E-state index contributed by atoms with van der Waals surface area (Å²) in [5.74, 6) is -1.37. The van der Waals surface area contributed by atoms with Gasteiger partial charge < -0.3 is 19.5 Å². The third-order valence-electron chi connectivity index (χ3n) is 4.08. The maximum absolute atomic E-state index is 13.6. The molecule has 0 heterocycles. The van der Waals surface area contributed by atoms with E-state index in [4.69, 9.17) is 14.2 Å². The molecule has 2 rings (SSSR count). The molecule has 0 fully saturated rings. The molecule has 9 nitrogen and oxygen atoms in total. The van der Waals surface area contributed by atoms with Gasteiger partial charge in [0.2, 0.25) is 5.91 Å². The lowest BCUT2D eigenvalue weighted by Gasteiger charge is -2.12. The van der Waals surface area contributed by atoms with Crippen LogP contribution < -0.4 is 20.2 Å². The number of hydrazone groups is 1. The Balaban J connectivity index is 1.83. The lowest BCUT2D eigenvalue weighted by atomic mass is 10.2. The van der Waals surface area contributed by atoms with Crippen molar-refractivity contribution >= 4 is 24.0 Å². The molecule has 10 heteroatoms. The first-order valence-electron chi connectivity index (χ1n) is 10.3. The highest BCUT2D eigenvalue weighted by Gasteiger charge is 2.11. The molecule has 0 unspecified atom stereocenters. The lowest BCUT2D eigenvalue weighted by Crippen LogP contribution is -2.29. The number of carbonyl (C=O) groups is 3. The maximum Gasteiger partial charge on any atom is 0.344 e. The molecular formula is C23H26FN3O6. The van der Waals surface area contributed by atoms with Crippen LogP contribution in [0.5, 0.6) is 11.5 Å². The summed E-state index contributed by atoms with van der Waals surface area (Å²) >= 11 is 0. The molecule has 176 valence electrons. The van der Waals surface area contributed by atoms with Crippen molar-refractivity contribution in [2.75, 3.05) is 26.4 Å². The quantitative estimate of drug-likeness (QED) is 0.286. The van der Waals surface area contributed by atoms with Crippen LogP contribution in [-0.2, 0) is 14.3 Å². The van der Waals surface area contributed by atoms with Crippen molar-refractivity contribution in [1.29, 1.82) is 0 Å². The van der Waals surface area contributed by atoms with E-state index < -0.39 is 23.6 Å². The molecule has 0 aliphatic rings. The fourth-order valence-electron chi connectivity index (χ4n) is 2.60. The van der Waals surface area contributed by atoms with Crippen LogP contribution in [0, 0.1) is 5.82 Å². The lowest BCUT2D eigenvalue weighted by molar-refractivity contribution is -0.145. The summed E-state index contributed by atoms with van der Waals surface area (Å²) in [6, 6.07) is 10.5. The van der Waals surface area contributed by atoms with Crippen molar-refractivity contribution in [3.63, 3.8) is 0 Å². The second kappa shape index (κ2) is 13.5. The molecule has 0 atom stereocenters. The summed E-state index contributed by atoms with van der Waals surface area (Å²) < 4.78 is 29.4. The van der Waals surface area contributed by atoms with E-state index in [1.54, 1.807) is 38.1 Å². The van der Waals surface area contributed by atoms with Crippen molar-refractivity contribution in [3.8, 4) is 11.5 Å². The van der Waals surface area contributed by atoms with E-state index in [1.165, 1.54) is 24.4 Å². The second-order valence-electron chi connectivity index (χ2n) is 6.51. The molecule has 0 saturated heterocycles. The molecule has 0 aliphatic heterocycles. The second-order valence-corrected chi connectivity index (χ2v) is 6.51. The third kappa shape index (κ3) is 8.60.